The molecule has 0 unspecified atom stereocenters. The zero-order valence-corrected chi connectivity index (χ0v) is 14.2. The van der Waals surface area contributed by atoms with Crippen molar-refractivity contribution < 1.29 is 68.0 Å². The third-order valence-corrected chi connectivity index (χ3v) is 4.09. The van der Waals surface area contributed by atoms with E-state index in [4.69, 9.17) is 5.11 Å². The van der Waals surface area contributed by atoms with E-state index in [1.54, 1.807) is 0 Å². The Morgan fingerprint density at radius 1 is 0.567 bits per heavy atom. The van der Waals surface area contributed by atoms with Crippen LogP contribution in [0.1, 0.15) is 23.1 Å². The molecular formula is C15H12F12O3. The lowest BCUT2D eigenvalue weighted by atomic mass is 9.83. The van der Waals surface area contributed by atoms with Gasteiger partial charge in [0.15, 0.2) is 0 Å². The van der Waals surface area contributed by atoms with E-state index >= 15 is 0 Å². The number of aliphatic hydroxyl groups excluding tert-OH is 1. The van der Waals surface area contributed by atoms with Gasteiger partial charge in [-0.25, -0.2) is 0 Å². The van der Waals surface area contributed by atoms with E-state index in [0.29, 0.717) is 0 Å². The number of alkyl halides is 12. The van der Waals surface area contributed by atoms with Gasteiger partial charge in [-0.15, -0.1) is 0 Å². The average molecular weight is 468 g/mol. The van der Waals surface area contributed by atoms with Crippen LogP contribution in [0.25, 0.3) is 0 Å². The highest BCUT2D eigenvalue weighted by atomic mass is 19.4. The van der Waals surface area contributed by atoms with E-state index in [1.165, 1.54) is 0 Å². The number of hydrogen-bond donors (Lipinski definition) is 3. The number of benzene rings is 1. The van der Waals surface area contributed by atoms with Gasteiger partial charge in [-0.3, -0.25) is 0 Å². The zero-order valence-electron chi connectivity index (χ0n) is 14.2. The number of aryl methyl sites for hydroxylation is 1. The summed E-state index contributed by atoms with van der Waals surface area (Å²) in [4.78, 5) is 0. The minimum Gasteiger partial charge on any atom is -0.396 e. The quantitative estimate of drug-likeness (QED) is 0.567. The Kier molecular flexibility index (Phi) is 6.79. The number of hydrogen-bond acceptors (Lipinski definition) is 3. The van der Waals surface area contributed by atoms with Gasteiger partial charge < -0.3 is 15.3 Å². The molecular weight excluding hydrogens is 456 g/mol. The molecule has 1 aromatic rings. The van der Waals surface area contributed by atoms with Crippen LogP contribution in [0.15, 0.2) is 18.2 Å². The summed E-state index contributed by atoms with van der Waals surface area (Å²) in [6.07, 6.45) is -27.7. The molecule has 174 valence electrons. The van der Waals surface area contributed by atoms with Crippen molar-refractivity contribution in [2.24, 2.45) is 0 Å². The van der Waals surface area contributed by atoms with Crippen molar-refractivity contribution in [3.8, 4) is 0 Å². The average Bonchev–Trinajstić information content (AvgIpc) is 2.53. The fourth-order valence-corrected chi connectivity index (χ4v) is 2.51. The zero-order chi connectivity index (χ0) is 24.0. The highest BCUT2D eigenvalue weighted by Gasteiger charge is 2.74. The first-order valence-electron chi connectivity index (χ1n) is 7.62. The molecule has 0 heterocycles. The molecule has 0 fully saturated rings. The third-order valence-electron chi connectivity index (χ3n) is 4.09. The second-order valence-corrected chi connectivity index (χ2v) is 6.16. The summed E-state index contributed by atoms with van der Waals surface area (Å²) in [6, 6.07) is -1.06. The van der Waals surface area contributed by atoms with E-state index in [-0.39, 0.29) is 12.1 Å². The summed E-state index contributed by atoms with van der Waals surface area (Å²) in [5.74, 6) is 0. The summed E-state index contributed by atoms with van der Waals surface area (Å²) in [7, 11) is 0. The summed E-state index contributed by atoms with van der Waals surface area (Å²) in [5.41, 5.74) is -17.5. The van der Waals surface area contributed by atoms with Gasteiger partial charge in [-0.2, -0.15) is 52.7 Å². The van der Waals surface area contributed by atoms with Crippen molar-refractivity contribution in [1.82, 2.24) is 0 Å². The fourth-order valence-electron chi connectivity index (χ4n) is 2.51. The van der Waals surface area contributed by atoms with Crippen LogP contribution in [0.4, 0.5) is 52.7 Å². The number of rotatable bonds is 5. The standard InChI is InChI=1S/C15H12F12O3/c16-12(17,18)10(29,13(19,20)21)8-4-7(2-1-3-28)5-9(6-8)11(30,14(22,23)24)15(25,26)27/h4-6,28-30H,1-3H2. The first kappa shape index (κ1) is 26.3. The van der Waals surface area contributed by atoms with Gasteiger partial charge >= 0.3 is 24.7 Å². The molecule has 0 aliphatic heterocycles. The molecule has 0 saturated carbocycles. The van der Waals surface area contributed by atoms with Crippen LogP contribution in [-0.4, -0.2) is 46.6 Å². The predicted molar refractivity (Wildman–Crippen MR) is 73.9 cm³/mol. The lowest BCUT2D eigenvalue weighted by Gasteiger charge is -2.36. The third kappa shape index (κ3) is 4.32. The summed E-state index contributed by atoms with van der Waals surface area (Å²) in [6.45, 7) is -0.773. The maximum absolute atomic E-state index is 13.0. The molecule has 0 amide bonds. The minimum absolute atomic E-state index is 0.104. The van der Waals surface area contributed by atoms with Crippen LogP contribution in [0, 0.1) is 0 Å². The maximum Gasteiger partial charge on any atom is 0.430 e. The monoisotopic (exact) mass is 468 g/mol. The number of halogens is 12. The van der Waals surface area contributed by atoms with E-state index < -0.39 is 78.1 Å². The molecule has 3 N–H and O–H groups in total. The Bertz CT molecular complexity index is 661. The molecule has 0 atom stereocenters. The molecule has 0 bridgehead atoms. The molecule has 0 aliphatic carbocycles. The highest BCUT2D eigenvalue weighted by molar-refractivity contribution is 5.40. The van der Waals surface area contributed by atoms with E-state index in [2.05, 4.69) is 0 Å². The topological polar surface area (TPSA) is 60.7 Å². The molecule has 0 radical (unpaired) electrons. The van der Waals surface area contributed by atoms with Crippen LogP contribution in [0.5, 0.6) is 0 Å². The van der Waals surface area contributed by atoms with Crippen LogP contribution < -0.4 is 0 Å². The van der Waals surface area contributed by atoms with Gasteiger partial charge in [0, 0.05) is 17.7 Å². The molecule has 3 nitrogen and oxygen atoms in total. The molecule has 0 spiro atoms. The van der Waals surface area contributed by atoms with Crippen molar-refractivity contribution in [2.75, 3.05) is 6.61 Å². The van der Waals surface area contributed by atoms with Crippen molar-refractivity contribution in [1.29, 1.82) is 0 Å². The summed E-state index contributed by atoms with van der Waals surface area (Å²) in [5, 5.41) is 27.4. The van der Waals surface area contributed by atoms with Crippen molar-refractivity contribution in [2.45, 2.75) is 48.7 Å². The molecule has 30 heavy (non-hydrogen) atoms. The van der Waals surface area contributed by atoms with Crippen molar-refractivity contribution in [3.05, 3.63) is 34.9 Å². The van der Waals surface area contributed by atoms with E-state index in [1.807, 2.05) is 0 Å². The first-order chi connectivity index (χ1) is 13.1. The normalized spacial score (nSPS) is 14.9. The molecule has 1 aromatic carbocycles. The van der Waals surface area contributed by atoms with Gasteiger partial charge in [0.25, 0.3) is 11.2 Å². The summed E-state index contributed by atoms with van der Waals surface area (Å²) >= 11 is 0. The van der Waals surface area contributed by atoms with E-state index in [9.17, 15) is 62.9 Å². The van der Waals surface area contributed by atoms with Gasteiger partial charge in [-0.05, 0) is 24.5 Å². The lowest BCUT2D eigenvalue weighted by molar-refractivity contribution is -0.378. The Hall–Kier alpha value is -1.74. The molecule has 1 rings (SSSR count). The molecule has 15 heteroatoms. The van der Waals surface area contributed by atoms with Gasteiger partial charge in [0.1, 0.15) is 0 Å². The Morgan fingerprint density at radius 3 is 1.10 bits per heavy atom. The first-order valence-corrected chi connectivity index (χ1v) is 7.62. The smallest absolute Gasteiger partial charge is 0.396 e. The van der Waals surface area contributed by atoms with Crippen molar-refractivity contribution in [3.63, 3.8) is 0 Å². The number of aliphatic hydroxyl groups is 3. The minimum atomic E-state index is -6.60. The summed E-state index contributed by atoms with van der Waals surface area (Å²) < 4.78 is 157. The van der Waals surface area contributed by atoms with Crippen molar-refractivity contribution >= 4 is 0 Å². The van der Waals surface area contributed by atoms with Crippen LogP contribution >= 0.6 is 0 Å². The molecule has 0 saturated heterocycles. The largest absolute Gasteiger partial charge is 0.430 e. The van der Waals surface area contributed by atoms with Gasteiger partial charge in [-0.1, -0.05) is 12.1 Å². The second-order valence-electron chi connectivity index (χ2n) is 6.16. The van der Waals surface area contributed by atoms with Gasteiger partial charge in [0.2, 0.25) is 0 Å². The second kappa shape index (κ2) is 7.75. The predicted octanol–water partition coefficient (Wildman–Crippen LogP) is 4.24. The molecule has 0 aliphatic rings. The Labute approximate surface area is 159 Å². The SMILES string of the molecule is OCCCc1cc(C(O)(C(F)(F)F)C(F)(F)F)cc(C(O)(C(F)(F)F)C(F)(F)F)c1. The Balaban J connectivity index is 4.02. The van der Waals surface area contributed by atoms with Crippen LogP contribution in [-0.2, 0) is 17.6 Å². The van der Waals surface area contributed by atoms with Crippen LogP contribution in [0.2, 0.25) is 0 Å². The fraction of sp³-hybridized carbons (Fsp3) is 0.600. The molecule has 0 aromatic heterocycles. The van der Waals surface area contributed by atoms with Crippen LogP contribution in [0.3, 0.4) is 0 Å². The lowest BCUT2D eigenvalue weighted by Crippen LogP contribution is -2.55. The maximum atomic E-state index is 13.0. The van der Waals surface area contributed by atoms with E-state index in [0.717, 1.165) is 0 Å². The van der Waals surface area contributed by atoms with Gasteiger partial charge in [0.05, 0.1) is 0 Å². The Morgan fingerprint density at radius 2 is 0.867 bits per heavy atom. The highest BCUT2D eigenvalue weighted by Crippen LogP contribution is 2.54.